The van der Waals surface area contributed by atoms with Crippen molar-refractivity contribution in [2.24, 2.45) is 5.92 Å². The fraction of sp³-hybridized carbons (Fsp3) is 0.333. The minimum atomic E-state index is -0.429. The van der Waals surface area contributed by atoms with Crippen LogP contribution in [0, 0.1) is 5.92 Å². The number of H-pyrrole nitrogens is 1. The first-order valence-corrected chi connectivity index (χ1v) is 10.6. The molecule has 1 N–H and O–H groups in total. The third kappa shape index (κ3) is 4.40. The van der Waals surface area contributed by atoms with Gasteiger partial charge in [0.1, 0.15) is 0 Å². The molecule has 1 saturated heterocycles. The first-order chi connectivity index (χ1) is 15.5. The van der Waals surface area contributed by atoms with Crippen molar-refractivity contribution in [1.82, 2.24) is 14.5 Å². The van der Waals surface area contributed by atoms with Gasteiger partial charge in [-0.3, -0.25) is 14.2 Å². The van der Waals surface area contributed by atoms with E-state index in [9.17, 15) is 19.2 Å². The van der Waals surface area contributed by atoms with Crippen molar-refractivity contribution in [2.45, 2.75) is 19.4 Å². The highest BCUT2D eigenvalue weighted by Crippen LogP contribution is 2.22. The molecule has 0 aliphatic carbocycles. The van der Waals surface area contributed by atoms with Gasteiger partial charge in [0.2, 0.25) is 0 Å². The maximum Gasteiger partial charge on any atom is 0.337 e. The number of nitrogens with one attached hydrogen (secondary N) is 1. The number of piperidine rings is 1. The molecule has 166 valence electrons. The molecule has 1 aliphatic heterocycles. The zero-order valence-electron chi connectivity index (χ0n) is 17.9. The van der Waals surface area contributed by atoms with Gasteiger partial charge in [-0.25, -0.2) is 9.59 Å². The number of esters is 1. The number of ketones is 1. The molecule has 32 heavy (non-hydrogen) atoms. The number of aromatic nitrogens is 2. The van der Waals surface area contributed by atoms with E-state index >= 15 is 0 Å². The van der Waals surface area contributed by atoms with Crippen LogP contribution >= 0.6 is 0 Å². The molecule has 0 radical (unpaired) electrons. The van der Waals surface area contributed by atoms with Crippen molar-refractivity contribution in [2.75, 3.05) is 26.7 Å². The van der Waals surface area contributed by atoms with Gasteiger partial charge in [-0.15, -0.1) is 0 Å². The van der Waals surface area contributed by atoms with Crippen molar-refractivity contribution in [3.63, 3.8) is 0 Å². The fourth-order valence-corrected chi connectivity index (χ4v) is 4.19. The Hall–Kier alpha value is -3.52. The largest absolute Gasteiger partial charge is 0.465 e. The number of benzene rings is 2. The number of aromatic amines is 1. The standard InChI is InChI=1S/C24H25N3O5/c1-32-23(30)18-8-6-16(7-9-18)21(28)17-10-12-26(13-11-17)14-15-27-22(29)19-4-2-3-5-20(19)25-24(27)31/h2-9,17H,10-15H2,1H3,(H,25,31). The lowest BCUT2D eigenvalue weighted by atomic mass is 9.88. The first-order valence-electron chi connectivity index (χ1n) is 10.6. The summed E-state index contributed by atoms with van der Waals surface area (Å²) in [5.41, 5.74) is 0.847. The van der Waals surface area contributed by atoms with Gasteiger partial charge in [-0.1, -0.05) is 24.3 Å². The number of rotatable bonds is 6. The van der Waals surface area contributed by atoms with Crippen LogP contribution in [0.5, 0.6) is 0 Å². The van der Waals surface area contributed by atoms with Crippen molar-refractivity contribution in [3.8, 4) is 0 Å². The first kappa shape index (κ1) is 21.7. The number of carbonyl (C=O) groups excluding carboxylic acids is 2. The van der Waals surface area contributed by atoms with Gasteiger partial charge < -0.3 is 14.6 Å². The summed E-state index contributed by atoms with van der Waals surface area (Å²) in [7, 11) is 1.32. The second-order valence-corrected chi connectivity index (χ2v) is 7.98. The van der Waals surface area contributed by atoms with Gasteiger partial charge in [-0.05, 0) is 50.2 Å². The van der Waals surface area contributed by atoms with E-state index in [-0.39, 0.29) is 17.3 Å². The van der Waals surface area contributed by atoms with E-state index in [2.05, 4.69) is 14.6 Å². The van der Waals surface area contributed by atoms with Crippen LogP contribution in [0.3, 0.4) is 0 Å². The average Bonchev–Trinajstić information content (AvgIpc) is 2.83. The average molecular weight is 435 g/mol. The minimum absolute atomic E-state index is 0.0725. The summed E-state index contributed by atoms with van der Waals surface area (Å²) in [5.74, 6) is -0.438. The van der Waals surface area contributed by atoms with Crippen molar-refractivity contribution in [1.29, 1.82) is 0 Å². The van der Waals surface area contributed by atoms with E-state index in [4.69, 9.17) is 0 Å². The topological polar surface area (TPSA) is 101 Å². The molecular formula is C24H25N3O5. The van der Waals surface area contributed by atoms with Crippen molar-refractivity contribution < 1.29 is 14.3 Å². The van der Waals surface area contributed by atoms with Gasteiger partial charge in [0.15, 0.2) is 5.78 Å². The highest BCUT2D eigenvalue weighted by molar-refractivity contribution is 5.99. The number of Topliss-reactive ketones (excluding diaryl/α,β-unsaturated/α-hetero) is 1. The number of likely N-dealkylation sites (tertiary alicyclic amines) is 1. The Kier molecular flexibility index (Phi) is 6.32. The molecule has 2 heterocycles. The molecule has 1 fully saturated rings. The third-order valence-corrected chi connectivity index (χ3v) is 6.08. The Balaban J connectivity index is 1.35. The molecule has 8 nitrogen and oxygen atoms in total. The predicted octanol–water partition coefficient (Wildman–Crippen LogP) is 2.07. The normalized spacial score (nSPS) is 15.0. The van der Waals surface area contributed by atoms with E-state index in [1.54, 1.807) is 48.5 Å². The highest BCUT2D eigenvalue weighted by atomic mass is 16.5. The highest BCUT2D eigenvalue weighted by Gasteiger charge is 2.26. The molecule has 0 saturated carbocycles. The quantitative estimate of drug-likeness (QED) is 0.470. The zero-order valence-corrected chi connectivity index (χ0v) is 17.9. The smallest absolute Gasteiger partial charge is 0.337 e. The van der Waals surface area contributed by atoms with Gasteiger partial charge in [0, 0.05) is 24.6 Å². The Morgan fingerprint density at radius 2 is 1.62 bits per heavy atom. The van der Waals surface area contributed by atoms with Gasteiger partial charge in [0.25, 0.3) is 5.56 Å². The second kappa shape index (κ2) is 9.32. The Labute approximate surface area is 184 Å². The van der Waals surface area contributed by atoms with E-state index < -0.39 is 11.7 Å². The Bertz CT molecular complexity index is 1250. The van der Waals surface area contributed by atoms with Crippen LogP contribution in [0.25, 0.3) is 10.9 Å². The molecule has 0 amide bonds. The van der Waals surface area contributed by atoms with Crippen LogP contribution in [0.2, 0.25) is 0 Å². The van der Waals surface area contributed by atoms with Crippen LogP contribution in [0.4, 0.5) is 0 Å². The number of carbonyl (C=O) groups is 2. The van der Waals surface area contributed by atoms with Crippen LogP contribution < -0.4 is 11.2 Å². The van der Waals surface area contributed by atoms with Gasteiger partial charge in [-0.2, -0.15) is 0 Å². The van der Waals surface area contributed by atoms with Gasteiger partial charge >= 0.3 is 11.7 Å². The predicted molar refractivity (Wildman–Crippen MR) is 120 cm³/mol. The van der Waals surface area contributed by atoms with Crippen LogP contribution in [-0.2, 0) is 11.3 Å². The molecule has 1 aliphatic rings. The summed E-state index contributed by atoms with van der Waals surface area (Å²) < 4.78 is 5.92. The van der Waals surface area contributed by atoms with Crippen LogP contribution in [0.1, 0.15) is 33.6 Å². The zero-order chi connectivity index (χ0) is 22.7. The van der Waals surface area contributed by atoms with Crippen LogP contribution in [0.15, 0.2) is 58.1 Å². The van der Waals surface area contributed by atoms with E-state index in [1.165, 1.54) is 11.7 Å². The van der Waals surface area contributed by atoms with Crippen molar-refractivity contribution >= 4 is 22.7 Å². The summed E-state index contributed by atoms with van der Waals surface area (Å²) in [6.45, 7) is 2.30. The van der Waals surface area contributed by atoms with E-state index in [0.29, 0.717) is 48.0 Å². The second-order valence-electron chi connectivity index (χ2n) is 7.98. The molecule has 3 aromatic rings. The summed E-state index contributed by atoms with van der Waals surface area (Å²) in [4.78, 5) is 54.3. The summed E-state index contributed by atoms with van der Waals surface area (Å²) in [5, 5.41) is 0.495. The minimum Gasteiger partial charge on any atom is -0.465 e. The van der Waals surface area contributed by atoms with E-state index in [0.717, 1.165) is 13.1 Å². The lowest BCUT2D eigenvalue weighted by Crippen LogP contribution is -2.42. The molecule has 0 unspecified atom stereocenters. The number of ether oxygens (including phenoxy) is 1. The maximum absolute atomic E-state index is 12.8. The number of para-hydroxylation sites is 1. The molecule has 2 aromatic carbocycles. The van der Waals surface area contributed by atoms with E-state index in [1.807, 2.05) is 0 Å². The monoisotopic (exact) mass is 435 g/mol. The molecular weight excluding hydrogens is 410 g/mol. The lowest BCUT2D eigenvalue weighted by molar-refractivity contribution is 0.0600. The summed E-state index contributed by atoms with van der Waals surface area (Å²) in [6, 6.07) is 13.5. The Morgan fingerprint density at radius 3 is 2.31 bits per heavy atom. The van der Waals surface area contributed by atoms with Gasteiger partial charge in [0.05, 0.1) is 23.6 Å². The molecule has 4 rings (SSSR count). The fourth-order valence-electron chi connectivity index (χ4n) is 4.19. The molecule has 8 heteroatoms. The molecule has 0 spiro atoms. The number of methoxy groups -OCH3 is 1. The number of hydrogen-bond donors (Lipinski definition) is 1. The molecule has 0 bridgehead atoms. The molecule has 1 aromatic heterocycles. The van der Waals surface area contributed by atoms with Crippen LogP contribution in [-0.4, -0.2) is 52.9 Å². The molecule has 0 atom stereocenters. The summed E-state index contributed by atoms with van der Waals surface area (Å²) in [6.07, 6.45) is 1.42. The number of fused-ring (bicyclic) bond motifs is 1. The number of hydrogen-bond acceptors (Lipinski definition) is 6. The maximum atomic E-state index is 12.8. The Morgan fingerprint density at radius 1 is 0.969 bits per heavy atom. The lowest BCUT2D eigenvalue weighted by Gasteiger charge is -2.31. The third-order valence-electron chi connectivity index (χ3n) is 6.08. The number of nitrogens with zero attached hydrogens (tertiary/aromatic N) is 2. The SMILES string of the molecule is COC(=O)c1ccc(C(=O)C2CCN(CCn3c(=O)[nH]c4ccccc4c3=O)CC2)cc1. The van der Waals surface area contributed by atoms with Crippen molar-refractivity contribution in [3.05, 3.63) is 80.5 Å². The summed E-state index contributed by atoms with van der Waals surface area (Å²) >= 11 is 0.